The summed E-state index contributed by atoms with van der Waals surface area (Å²) in [5.41, 5.74) is 0. The number of carbonyl (C=O) groups excluding carboxylic acids is 1. The topological polar surface area (TPSA) is 29.5 Å². The molecule has 1 rings (SSSR count). The van der Waals surface area contributed by atoms with Gasteiger partial charge in [0.2, 0.25) is 0 Å². The highest BCUT2D eigenvalue weighted by Crippen LogP contribution is 2.17. The average molecular weight is 237 g/mol. The largest absolute Gasteiger partial charge is 0.454 e. The second kappa shape index (κ2) is 4.86. The van der Waals surface area contributed by atoms with Crippen LogP contribution in [0.1, 0.15) is 13.8 Å². The minimum absolute atomic E-state index is 0.0469. The third-order valence-corrected chi connectivity index (χ3v) is 2.16. The molecule has 0 spiro atoms. The van der Waals surface area contributed by atoms with Gasteiger partial charge in [-0.05, 0) is 13.8 Å². The van der Waals surface area contributed by atoms with Crippen LogP contribution in [0.4, 0.5) is 13.2 Å². The Labute approximate surface area is 91.9 Å². The summed E-state index contributed by atoms with van der Waals surface area (Å²) < 4.78 is 41.1. The van der Waals surface area contributed by atoms with Crippen molar-refractivity contribution >= 4 is 5.78 Å². The quantitative estimate of drug-likeness (QED) is 0.685. The van der Waals surface area contributed by atoms with Gasteiger partial charge >= 0.3 is 6.18 Å². The van der Waals surface area contributed by atoms with E-state index in [1.807, 2.05) is 13.8 Å². The summed E-state index contributed by atoms with van der Waals surface area (Å²) in [6, 6.07) is 0. The molecule has 1 saturated heterocycles. The highest BCUT2D eigenvalue weighted by molar-refractivity contribution is 5.94. The van der Waals surface area contributed by atoms with Crippen LogP contribution in [0.25, 0.3) is 0 Å². The van der Waals surface area contributed by atoms with E-state index in [2.05, 4.69) is 0 Å². The molecule has 0 aliphatic carbocycles. The summed E-state index contributed by atoms with van der Waals surface area (Å²) in [5, 5.41) is 0. The fourth-order valence-corrected chi connectivity index (χ4v) is 1.61. The molecule has 2 atom stereocenters. The van der Waals surface area contributed by atoms with Crippen LogP contribution >= 0.6 is 0 Å². The number of nitrogens with zero attached hydrogens (tertiary/aromatic N) is 1. The number of ether oxygens (including phenoxy) is 1. The molecule has 0 N–H and O–H groups in total. The molecule has 0 unspecified atom stereocenters. The highest BCUT2D eigenvalue weighted by atomic mass is 19.4. The predicted octanol–water partition coefficient (Wildman–Crippen LogP) is 1.74. The Morgan fingerprint density at radius 2 is 1.81 bits per heavy atom. The van der Waals surface area contributed by atoms with Crippen molar-refractivity contribution in [3.63, 3.8) is 0 Å². The van der Waals surface area contributed by atoms with Crippen LogP contribution in [-0.4, -0.2) is 42.2 Å². The summed E-state index contributed by atoms with van der Waals surface area (Å²) in [6.45, 7) is 4.65. The summed E-state index contributed by atoms with van der Waals surface area (Å²) >= 11 is 0. The van der Waals surface area contributed by atoms with Crippen molar-refractivity contribution in [1.82, 2.24) is 4.90 Å². The minimum atomic E-state index is -4.79. The van der Waals surface area contributed by atoms with E-state index in [-0.39, 0.29) is 12.2 Å². The van der Waals surface area contributed by atoms with Crippen molar-refractivity contribution in [2.45, 2.75) is 32.2 Å². The Balaban J connectivity index is 2.54. The first-order chi connectivity index (χ1) is 7.29. The lowest BCUT2D eigenvalue weighted by atomic mass is 10.2. The van der Waals surface area contributed by atoms with Crippen LogP contribution in [0.2, 0.25) is 0 Å². The molecule has 0 aromatic rings. The van der Waals surface area contributed by atoms with E-state index in [1.165, 1.54) is 6.20 Å². The molecule has 0 bridgehead atoms. The molecule has 1 fully saturated rings. The summed E-state index contributed by atoms with van der Waals surface area (Å²) in [5.74, 6) is -1.83. The van der Waals surface area contributed by atoms with Gasteiger partial charge in [-0.15, -0.1) is 0 Å². The molecule has 1 aliphatic rings. The molecule has 0 aromatic carbocycles. The van der Waals surface area contributed by atoms with Crippen LogP contribution < -0.4 is 0 Å². The maximum atomic E-state index is 11.9. The number of alkyl halides is 3. The monoisotopic (exact) mass is 237 g/mol. The van der Waals surface area contributed by atoms with E-state index < -0.39 is 12.0 Å². The van der Waals surface area contributed by atoms with Crippen molar-refractivity contribution < 1.29 is 22.7 Å². The van der Waals surface area contributed by atoms with E-state index in [9.17, 15) is 18.0 Å². The Bertz CT molecular complexity index is 278. The summed E-state index contributed by atoms with van der Waals surface area (Å²) in [7, 11) is 0. The van der Waals surface area contributed by atoms with E-state index in [1.54, 1.807) is 4.90 Å². The van der Waals surface area contributed by atoms with Gasteiger partial charge in [0.15, 0.2) is 0 Å². The highest BCUT2D eigenvalue weighted by Gasteiger charge is 2.36. The predicted molar refractivity (Wildman–Crippen MR) is 51.8 cm³/mol. The number of rotatable bonds is 2. The zero-order valence-corrected chi connectivity index (χ0v) is 9.12. The van der Waals surface area contributed by atoms with Crippen LogP contribution in [0.3, 0.4) is 0 Å². The van der Waals surface area contributed by atoms with Gasteiger partial charge in [0.25, 0.3) is 5.78 Å². The normalized spacial score (nSPS) is 27.4. The first-order valence-electron chi connectivity index (χ1n) is 4.98. The van der Waals surface area contributed by atoms with Crippen LogP contribution in [0.15, 0.2) is 12.3 Å². The number of carbonyl (C=O) groups is 1. The van der Waals surface area contributed by atoms with Crippen molar-refractivity contribution in [3.8, 4) is 0 Å². The van der Waals surface area contributed by atoms with Gasteiger partial charge in [0.05, 0.1) is 12.2 Å². The molecule has 0 saturated carbocycles. The minimum Gasteiger partial charge on any atom is -0.372 e. The zero-order chi connectivity index (χ0) is 12.3. The van der Waals surface area contributed by atoms with E-state index in [0.717, 1.165) is 0 Å². The zero-order valence-electron chi connectivity index (χ0n) is 9.12. The number of halogens is 3. The van der Waals surface area contributed by atoms with E-state index in [4.69, 9.17) is 4.74 Å². The molecule has 16 heavy (non-hydrogen) atoms. The van der Waals surface area contributed by atoms with Crippen LogP contribution in [-0.2, 0) is 9.53 Å². The van der Waals surface area contributed by atoms with Gasteiger partial charge in [-0.25, -0.2) is 0 Å². The van der Waals surface area contributed by atoms with Crippen molar-refractivity contribution in [1.29, 1.82) is 0 Å². The van der Waals surface area contributed by atoms with Crippen LogP contribution in [0, 0.1) is 0 Å². The lowest BCUT2D eigenvalue weighted by Gasteiger charge is -2.34. The fourth-order valence-electron chi connectivity index (χ4n) is 1.61. The second-order valence-corrected chi connectivity index (χ2v) is 3.89. The van der Waals surface area contributed by atoms with Crippen molar-refractivity contribution in [3.05, 3.63) is 12.3 Å². The van der Waals surface area contributed by atoms with Gasteiger partial charge in [0.1, 0.15) is 0 Å². The molecule has 0 aromatic heterocycles. The Morgan fingerprint density at radius 1 is 1.31 bits per heavy atom. The van der Waals surface area contributed by atoms with Crippen LogP contribution in [0.5, 0.6) is 0 Å². The molecule has 0 amide bonds. The van der Waals surface area contributed by atoms with Gasteiger partial charge < -0.3 is 9.64 Å². The number of allylic oxidation sites excluding steroid dienone is 1. The smallest absolute Gasteiger partial charge is 0.372 e. The van der Waals surface area contributed by atoms with E-state index >= 15 is 0 Å². The maximum Gasteiger partial charge on any atom is 0.454 e. The third-order valence-electron chi connectivity index (χ3n) is 2.16. The Morgan fingerprint density at radius 3 is 2.25 bits per heavy atom. The van der Waals surface area contributed by atoms with Gasteiger partial charge in [-0.1, -0.05) is 0 Å². The lowest BCUT2D eigenvalue weighted by Crippen LogP contribution is -2.42. The Hall–Kier alpha value is -1.04. The SMILES string of the molecule is C[C@H]1CN(/C=C/C(=O)C(F)(F)F)C[C@H](C)O1. The summed E-state index contributed by atoms with van der Waals surface area (Å²) in [4.78, 5) is 12.3. The fraction of sp³-hybridized carbons (Fsp3) is 0.700. The molecular weight excluding hydrogens is 223 g/mol. The van der Waals surface area contributed by atoms with Gasteiger partial charge in [-0.2, -0.15) is 13.2 Å². The molecule has 0 radical (unpaired) electrons. The van der Waals surface area contributed by atoms with Crippen molar-refractivity contribution in [2.24, 2.45) is 0 Å². The molecule has 6 heteroatoms. The average Bonchev–Trinajstić information content (AvgIpc) is 2.11. The number of morpholine rings is 1. The standard InChI is InChI=1S/C10H14F3NO2/c1-7-5-14(6-8(2)16-7)4-3-9(15)10(11,12)13/h3-4,7-8H,5-6H2,1-2H3/b4-3+/t7-,8-/m0/s1. The van der Waals surface area contributed by atoms with E-state index in [0.29, 0.717) is 19.2 Å². The molecular formula is C10H14F3NO2. The molecule has 92 valence electrons. The third kappa shape index (κ3) is 3.84. The number of ketones is 1. The van der Waals surface area contributed by atoms with Gasteiger partial charge in [0, 0.05) is 25.4 Å². The lowest BCUT2D eigenvalue weighted by molar-refractivity contribution is -0.165. The molecule has 1 aliphatic heterocycles. The first kappa shape index (κ1) is 13.0. The van der Waals surface area contributed by atoms with Crippen molar-refractivity contribution in [2.75, 3.05) is 13.1 Å². The molecule has 1 heterocycles. The number of hydrogen-bond donors (Lipinski definition) is 0. The Kier molecular flexibility index (Phi) is 3.96. The van der Waals surface area contributed by atoms with Gasteiger partial charge in [-0.3, -0.25) is 4.79 Å². The maximum absolute atomic E-state index is 11.9. The number of hydrogen-bond acceptors (Lipinski definition) is 3. The molecule has 3 nitrogen and oxygen atoms in total. The second-order valence-electron chi connectivity index (χ2n) is 3.89. The first-order valence-corrected chi connectivity index (χ1v) is 4.98. The summed E-state index contributed by atoms with van der Waals surface area (Å²) in [6.07, 6.45) is -3.14.